The van der Waals surface area contributed by atoms with E-state index >= 15 is 0 Å². The number of nitrogens with zero attached hydrogens (tertiary/aromatic N) is 1. The van der Waals surface area contributed by atoms with E-state index in [1.165, 1.54) is 5.56 Å². The highest BCUT2D eigenvalue weighted by molar-refractivity contribution is 6.10. The lowest BCUT2D eigenvalue weighted by atomic mass is 10.1. The fraction of sp³-hybridized carbons (Fsp3) is 0.174. The highest BCUT2D eigenvalue weighted by Crippen LogP contribution is 2.17. The van der Waals surface area contributed by atoms with Crippen molar-refractivity contribution in [1.29, 1.82) is 0 Å². The Bertz CT molecular complexity index is 984. The molecule has 0 aliphatic carbocycles. The fourth-order valence-corrected chi connectivity index (χ4v) is 2.90. The second-order valence-corrected chi connectivity index (χ2v) is 6.57. The lowest BCUT2D eigenvalue weighted by Gasteiger charge is -2.11. The molecule has 5 nitrogen and oxygen atoms in total. The van der Waals surface area contributed by atoms with Crippen LogP contribution in [0, 0.1) is 6.92 Å². The molecule has 3 aromatic rings. The van der Waals surface area contributed by atoms with Gasteiger partial charge in [0.05, 0.1) is 11.3 Å². The molecule has 1 heterocycles. The Kier molecular flexibility index (Phi) is 6.17. The summed E-state index contributed by atoms with van der Waals surface area (Å²) in [5.41, 5.74) is 3.79. The van der Waals surface area contributed by atoms with Crippen LogP contribution >= 0.6 is 0 Å². The summed E-state index contributed by atoms with van der Waals surface area (Å²) in [6.45, 7) is 4.24. The van der Waals surface area contributed by atoms with Gasteiger partial charge in [0.15, 0.2) is 11.9 Å². The lowest BCUT2D eigenvalue weighted by Crippen LogP contribution is -2.43. The number of amides is 2. The topological polar surface area (TPSA) is 62.1 Å². The van der Waals surface area contributed by atoms with Crippen LogP contribution in [0.5, 0.6) is 0 Å². The van der Waals surface area contributed by atoms with Crippen LogP contribution in [-0.4, -0.2) is 11.8 Å². The Hall–Kier alpha value is -3.47. The molecule has 3 rings (SSSR count). The first kappa shape index (κ1) is 19.3. The predicted molar refractivity (Wildman–Crippen MR) is 110 cm³/mol. The summed E-state index contributed by atoms with van der Waals surface area (Å²) < 4.78 is 1.92. The number of anilines is 2. The third-order valence-corrected chi connectivity index (χ3v) is 4.51. The molecule has 0 bridgehead atoms. The molecule has 0 unspecified atom stereocenters. The van der Waals surface area contributed by atoms with Crippen LogP contribution in [0.2, 0.25) is 0 Å². The standard InChI is InChI=1S/C23H23N3O2/c1-3-18-14-13-17(2)26(15-18)16-22(27)25-21-12-8-7-11-20(21)23(28)24-19-9-5-4-6-10-19/h4-15H,3,16H2,1-2H3,(H-,24,25,27,28)/p+1. The van der Waals surface area contributed by atoms with E-state index in [1.807, 2.05) is 54.1 Å². The van der Waals surface area contributed by atoms with Crippen molar-refractivity contribution in [2.75, 3.05) is 10.6 Å². The fourth-order valence-electron chi connectivity index (χ4n) is 2.90. The number of rotatable bonds is 6. The van der Waals surface area contributed by atoms with Gasteiger partial charge in [-0.1, -0.05) is 37.3 Å². The molecule has 0 aliphatic heterocycles. The van der Waals surface area contributed by atoms with Gasteiger partial charge < -0.3 is 10.6 Å². The molecule has 0 saturated heterocycles. The summed E-state index contributed by atoms with van der Waals surface area (Å²) in [4.78, 5) is 25.2. The first-order valence-corrected chi connectivity index (χ1v) is 9.31. The maximum absolute atomic E-state index is 12.6. The Morgan fingerprint density at radius 3 is 2.36 bits per heavy atom. The van der Waals surface area contributed by atoms with Crippen LogP contribution in [0.3, 0.4) is 0 Å². The van der Waals surface area contributed by atoms with E-state index in [0.29, 0.717) is 16.9 Å². The molecule has 0 saturated carbocycles. The number of hydrogen-bond acceptors (Lipinski definition) is 2. The lowest BCUT2D eigenvalue weighted by molar-refractivity contribution is -0.690. The van der Waals surface area contributed by atoms with Gasteiger partial charge in [-0.3, -0.25) is 9.59 Å². The van der Waals surface area contributed by atoms with Crippen LogP contribution in [0.1, 0.15) is 28.5 Å². The van der Waals surface area contributed by atoms with Gasteiger partial charge >= 0.3 is 0 Å². The summed E-state index contributed by atoms with van der Waals surface area (Å²) in [7, 11) is 0. The minimum atomic E-state index is -0.265. The quantitative estimate of drug-likeness (QED) is 0.646. The van der Waals surface area contributed by atoms with Gasteiger partial charge in [0.1, 0.15) is 0 Å². The SMILES string of the molecule is CCc1ccc(C)[n+](CC(=O)Nc2ccccc2C(=O)Nc2ccccc2)c1. The minimum Gasteiger partial charge on any atom is -0.322 e. The van der Waals surface area contributed by atoms with Crippen LogP contribution in [0.4, 0.5) is 11.4 Å². The average molecular weight is 374 g/mol. The van der Waals surface area contributed by atoms with Gasteiger partial charge in [0.2, 0.25) is 6.54 Å². The molecular weight excluding hydrogens is 350 g/mol. The molecule has 1 aromatic heterocycles. The molecule has 0 atom stereocenters. The van der Waals surface area contributed by atoms with E-state index in [1.54, 1.807) is 24.3 Å². The molecule has 0 radical (unpaired) electrons. The predicted octanol–water partition coefficient (Wildman–Crippen LogP) is 3.74. The van der Waals surface area contributed by atoms with Crippen molar-refractivity contribution < 1.29 is 14.2 Å². The number of aromatic nitrogens is 1. The van der Waals surface area contributed by atoms with E-state index in [9.17, 15) is 9.59 Å². The van der Waals surface area contributed by atoms with Gasteiger partial charge in [-0.05, 0) is 36.8 Å². The van der Waals surface area contributed by atoms with E-state index in [0.717, 1.165) is 12.1 Å². The van der Waals surface area contributed by atoms with E-state index in [4.69, 9.17) is 0 Å². The van der Waals surface area contributed by atoms with Crippen LogP contribution in [-0.2, 0) is 17.8 Å². The van der Waals surface area contributed by atoms with E-state index in [2.05, 4.69) is 23.6 Å². The summed E-state index contributed by atoms with van der Waals surface area (Å²) in [6.07, 6.45) is 2.90. The molecule has 2 N–H and O–H groups in total. The summed E-state index contributed by atoms with van der Waals surface area (Å²) in [6, 6.07) is 20.3. The number of aryl methyl sites for hydroxylation is 2. The molecule has 142 valence electrons. The number of benzene rings is 2. The average Bonchev–Trinajstić information content (AvgIpc) is 2.70. The highest BCUT2D eigenvalue weighted by Gasteiger charge is 2.17. The van der Waals surface area contributed by atoms with Gasteiger partial charge in [0.25, 0.3) is 11.8 Å². The maximum atomic E-state index is 12.6. The van der Waals surface area contributed by atoms with Crippen molar-refractivity contribution in [2.45, 2.75) is 26.8 Å². The number of carbonyl (C=O) groups is 2. The van der Waals surface area contributed by atoms with Crippen molar-refractivity contribution >= 4 is 23.2 Å². The molecular formula is C23H24N3O2+. The second kappa shape index (κ2) is 8.95. The zero-order chi connectivity index (χ0) is 19.9. The Morgan fingerprint density at radius 2 is 1.61 bits per heavy atom. The molecule has 0 aliphatic rings. The normalized spacial score (nSPS) is 10.4. The summed E-state index contributed by atoms with van der Waals surface area (Å²) >= 11 is 0. The van der Waals surface area contributed by atoms with Gasteiger partial charge in [-0.2, -0.15) is 4.57 Å². The number of para-hydroxylation sites is 2. The number of pyridine rings is 1. The number of hydrogen-bond donors (Lipinski definition) is 2. The highest BCUT2D eigenvalue weighted by atomic mass is 16.2. The van der Waals surface area contributed by atoms with Gasteiger partial charge in [0, 0.05) is 24.2 Å². The monoisotopic (exact) mass is 374 g/mol. The van der Waals surface area contributed by atoms with Crippen molar-refractivity contribution in [2.24, 2.45) is 0 Å². The largest absolute Gasteiger partial charge is 0.322 e. The summed E-state index contributed by atoms with van der Waals surface area (Å²) in [5.74, 6) is -0.444. The van der Waals surface area contributed by atoms with Crippen molar-refractivity contribution in [1.82, 2.24) is 0 Å². The third kappa shape index (κ3) is 4.82. The van der Waals surface area contributed by atoms with Crippen LogP contribution in [0.15, 0.2) is 72.9 Å². The zero-order valence-electron chi connectivity index (χ0n) is 16.1. The van der Waals surface area contributed by atoms with E-state index in [-0.39, 0.29) is 18.4 Å². The Morgan fingerprint density at radius 1 is 0.893 bits per heavy atom. The van der Waals surface area contributed by atoms with Gasteiger partial charge in [-0.15, -0.1) is 0 Å². The van der Waals surface area contributed by atoms with Gasteiger partial charge in [-0.25, -0.2) is 0 Å². The molecule has 28 heavy (non-hydrogen) atoms. The Balaban J connectivity index is 1.74. The second-order valence-electron chi connectivity index (χ2n) is 6.57. The summed E-state index contributed by atoms with van der Waals surface area (Å²) in [5, 5.41) is 5.72. The van der Waals surface area contributed by atoms with Crippen molar-refractivity contribution in [3.05, 3.63) is 89.7 Å². The van der Waals surface area contributed by atoms with Crippen molar-refractivity contribution in [3.63, 3.8) is 0 Å². The molecule has 2 amide bonds. The molecule has 5 heteroatoms. The Labute approximate surface area is 165 Å². The number of nitrogens with one attached hydrogen (secondary N) is 2. The number of carbonyl (C=O) groups excluding carboxylic acids is 2. The zero-order valence-corrected chi connectivity index (χ0v) is 16.1. The molecule has 0 spiro atoms. The first-order valence-electron chi connectivity index (χ1n) is 9.31. The van der Waals surface area contributed by atoms with Crippen LogP contribution < -0.4 is 15.2 Å². The van der Waals surface area contributed by atoms with E-state index < -0.39 is 0 Å². The first-order chi connectivity index (χ1) is 13.6. The van der Waals surface area contributed by atoms with Crippen molar-refractivity contribution in [3.8, 4) is 0 Å². The smallest absolute Gasteiger partial charge is 0.290 e. The molecule has 2 aromatic carbocycles. The third-order valence-electron chi connectivity index (χ3n) is 4.51. The maximum Gasteiger partial charge on any atom is 0.290 e. The van der Waals surface area contributed by atoms with Crippen LogP contribution in [0.25, 0.3) is 0 Å². The molecule has 0 fully saturated rings. The minimum absolute atomic E-state index is 0.179.